The molecule has 1 aromatic carbocycles. The van der Waals surface area contributed by atoms with Gasteiger partial charge in [-0.1, -0.05) is 31.0 Å². The summed E-state index contributed by atoms with van der Waals surface area (Å²) in [6.07, 6.45) is 1.01. The van der Waals surface area contributed by atoms with E-state index in [-0.39, 0.29) is 4.75 Å². The number of benzene rings is 1. The van der Waals surface area contributed by atoms with Gasteiger partial charge in [0.2, 0.25) is 0 Å². The van der Waals surface area contributed by atoms with Crippen LogP contribution >= 0.6 is 11.9 Å². The topological polar surface area (TPSA) is 35.8 Å². The second kappa shape index (κ2) is 6.09. The van der Waals surface area contributed by atoms with Crippen LogP contribution in [-0.2, 0) is 0 Å². The van der Waals surface area contributed by atoms with Crippen molar-refractivity contribution in [2.75, 3.05) is 0 Å². The number of nitrogens with zero attached hydrogens (tertiary/aromatic N) is 1. The lowest BCUT2D eigenvalue weighted by Gasteiger charge is -2.23. The lowest BCUT2D eigenvalue weighted by atomic mass is 10.0. The smallest absolute Gasteiger partial charge is 0.0991 e. The van der Waals surface area contributed by atoms with E-state index in [2.05, 4.69) is 44.6 Å². The normalized spacial score (nSPS) is 13.1. The van der Waals surface area contributed by atoms with Gasteiger partial charge in [0.05, 0.1) is 11.6 Å². The predicted molar refractivity (Wildman–Crippen MR) is 74.7 cm³/mol. The Balaban J connectivity index is 2.76. The molecule has 0 saturated heterocycles. The lowest BCUT2D eigenvalue weighted by Crippen LogP contribution is -2.21. The minimum absolute atomic E-state index is 0.195. The molecule has 0 bridgehead atoms. The van der Waals surface area contributed by atoms with Gasteiger partial charge in [-0.05, 0) is 44.9 Å². The molecule has 2 nitrogen and oxygen atoms in total. The molecule has 1 rings (SSSR count). The summed E-state index contributed by atoms with van der Waals surface area (Å²) in [7, 11) is 0. The first-order chi connectivity index (χ1) is 7.96. The quantitative estimate of drug-likeness (QED) is 0.817. The van der Waals surface area contributed by atoms with Crippen molar-refractivity contribution in [2.45, 2.75) is 44.9 Å². The Morgan fingerprint density at radius 2 is 2.12 bits per heavy atom. The first-order valence-corrected chi connectivity index (χ1v) is 6.71. The molecule has 0 aliphatic rings. The van der Waals surface area contributed by atoms with Crippen LogP contribution in [0.4, 0.5) is 0 Å². The van der Waals surface area contributed by atoms with Crippen LogP contribution in [0.3, 0.4) is 0 Å². The molecule has 1 N–H and O–H groups in total. The zero-order valence-electron chi connectivity index (χ0n) is 10.9. The molecule has 0 spiro atoms. The maximum atomic E-state index is 8.90. The summed E-state index contributed by atoms with van der Waals surface area (Å²) in [6, 6.07) is 10.3. The van der Waals surface area contributed by atoms with Crippen LogP contribution in [0.5, 0.6) is 0 Å². The number of nitriles is 1. The van der Waals surface area contributed by atoms with Crippen molar-refractivity contribution in [3.05, 3.63) is 35.4 Å². The fourth-order valence-corrected chi connectivity index (χ4v) is 2.26. The molecule has 0 heterocycles. The van der Waals surface area contributed by atoms with E-state index in [0.717, 1.165) is 12.0 Å². The number of nitrogens with one attached hydrogen (secondary N) is 1. The van der Waals surface area contributed by atoms with Gasteiger partial charge >= 0.3 is 0 Å². The lowest BCUT2D eigenvalue weighted by molar-refractivity contribution is 0.642. The highest BCUT2D eigenvalue weighted by atomic mass is 32.2. The second-order valence-electron chi connectivity index (χ2n) is 5.03. The van der Waals surface area contributed by atoms with Crippen LogP contribution in [0.25, 0.3) is 0 Å². The molecule has 0 amide bonds. The molecule has 17 heavy (non-hydrogen) atoms. The zero-order chi connectivity index (χ0) is 12.9. The molecule has 0 aliphatic carbocycles. The Hall–Kier alpha value is -0.980. The third-order valence-electron chi connectivity index (χ3n) is 2.33. The van der Waals surface area contributed by atoms with Gasteiger partial charge in [-0.15, -0.1) is 0 Å². The molecule has 0 aliphatic heterocycles. The van der Waals surface area contributed by atoms with Crippen molar-refractivity contribution in [3.63, 3.8) is 0 Å². The second-order valence-corrected chi connectivity index (χ2v) is 6.69. The van der Waals surface area contributed by atoms with E-state index in [1.807, 2.05) is 18.2 Å². The predicted octanol–water partition coefficient (Wildman–Crippen LogP) is 4.05. The van der Waals surface area contributed by atoms with E-state index in [1.54, 1.807) is 11.9 Å². The van der Waals surface area contributed by atoms with Crippen LogP contribution < -0.4 is 4.72 Å². The third kappa shape index (κ3) is 4.80. The molecule has 0 unspecified atom stereocenters. The molecular formula is C14H20N2S. The molecule has 0 radical (unpaired) electrons. The maximum Gasteiger partial charge on any atom is 0.0991 e. The first-order valence-electron chi connectivity index (χ1n) is 5.90. The van der Waals surface area contributed by atoms with E-state index in [1.165, 1.54) is 5.56 Å². The highest BCUT2D eigenvalue weighted by Gasteiger charge is 2.15. The highest BCUT2D eigenvalue weighted by Crippen LogP contribution is 2.26. The molecule has 1 atom stereocenters. The van der Waals surface area contributed by atoms with E-state index in [0.29, 0.717) is 6.04 Å². The zero-order valence-corrected chi connectivity index (χ0v) is 11.8. The largest absolute Gasteiger partial charge is 0.256 e. The van der Waals surface area contributed by atoms with Gasteiger partial charge in [-0.25, -0.2) is 0 Å². The SMILES string of the molecule is CC[C@H](NSC(C)(C)C)c1cccc(C#N)c1. The van der Waals surface area contributed by atoms with Crippen molar-refractivity contribution in [1.82, 2.24) is 4.72 Å². The van der Waals surface area contributed by atoms with Crippen molar-refractivity contribution < 1.29 is 0 Å². The third-order valence-corrected chi connectivity index (χ3v) is 3.35. The summed E-state index contributed by atoms with van der Waals surface area (Å²) in [6.45, 7) is 8.70. The van der Waals surface area contributed by atoms with Crippen LogP contribution in [0.15, 0.2) is 24.3 Å². The summed E-state index contributed by atoms with van der Waals surface area (Å²) in [4.78, 5) is 0. The van der Waals surface area contributed by atoms with Gasteiger partial charge in [-0.2, -0.15) is 5.26 Å². The fourth-order valence-electron chi connectivity index (χ4n) is 1.46. The molecule has 1 aromatic rings. The van der Waals surface area contributed by atoms with Crippen LogP contribution in [0.1, 0.15) is 51.3 Å². The van der Waals surface area contributed by atoms with Crippen LogP contribution in [0, 0.1) is 11.3 Å². The number of hydrogen-bond acceptors (Lipinski definition) is 3. The molecule has 0 aromatic heterocycles. The molecular weight excluding hydrogens is 228 g/mol. The van der Waals surface area contributed by atoms with Gasteiger partial charge in [0.25, 0.3) is 0 Å². The summed E-state index contributed by atoms with van der Waals surface area (Å²) in [5, 5.41) is 8.90. The minimum atomic E-state index is 0.195. The standard InChI is InChI=1S/C14H20N2S/c1-5-13(16-17-14(2,3)4)12-8-6-7-11(9-12)10-15/h6-9,13,16H,5H2,1-4H3/t13-/m0/s1. The van der Waals surface area contributed by atoms with Gasteiger partial charge in [0, 0.05) is 10.8 Å². The van der Waals surface area contributed by atoms with E-state index in [9.17, 15) is 0 Å². The van der Waals surface area contributed by atoms with Crippen molar-refractivity contribution in [1.29, 1.82) is 5.26 Å². The van der Waals surface area contributed by atoms with E-state index in [4.69, 9.17) is 5.26 Å². The van der Waals surface area contributed by atoms with Crippen molar-refractivity contribution in [3.8, 4) is 6.07 Å². The van der Waals surface area contributed by atoms with E-state index < -0.39 is 0 Å². The maximum absolute atomic E-state index is 8.90. The summed E-state index contributed by atoms with van der Waals surface area (Å²) in [5.74, 6) is 0. The monoisotopic (exact) mass is 248 g/mol. The molecule has 0 saturated carbocycles. The molecule has 0 fully saturated rings. The Morgan fingerprint density at radius 3 is 2.65 bits per heavy atom. The first kappa shape index (κ1) is 14.1. The number of hydrogen-bond donors (Lipinski definition) is 1. The van der Waals surface area contributed by atoms with Crippen molar-refractivity contribution >= 4 is 11.9 Å². The Bertz CT molecular complexity index is 401. The fraction of sp³-hybridized carbons (Fsp3) is 0.500. The van der Waals surface area contributed by atoms with Gasteiger partial charge in [0.15, 0.2) is 0 Å². The highest BCUT2D eigenvalue weighted by molar-refractivity contribution is 7.98. The van der Waals surface area contributed by atoms with Gasteiger partial charge in [-0.3, -0.25) is 4.72 Å². The van der Waals surface area contributed by atoms with Crippen molar-refractivity contribution in [2.24, 2.45) is 0 Å². The van der Waals surface area contributed by atoms with Gasteiger partial charge in [0.1, 0.15) is 0 Å². The summed E-state index contributed by atoms with van der Waals surface area (Å²) >= 11 is 1.74. The van der Waals surface area contributed by atoms with Gasteiger partial charge < -0.3 is 0 Å². The summed E-state index contributed by atoms with van der Waals surface area (Å²) < 4.78 is 3.68. The van der Waals surface area contributed by atoms with Crippen LogP contribution in [0.2, 0.25) is 0 Å². The Morgan fingerprint density at radius 1 is 1.41 bits per heavy atom. The van der Waals surface area contributed by atoms with Crippen LogP contribution in [-0.4, -0.2) is 4.75 Å². The minimum Gasteiger partial charge on any atom is -0.256 e. The molecule has 92 valence electrons. The Labute approximate surface area is 109 Å². The number of rotatable bonds is 4. The van der Waals surface area contributed by atoms with E-state index >= 15 is 0 Å². The average molecular weight is 248 g/mol. The average Bonchev–Trinajstić information content (AvgIpc) is 2.29. The molecule has 3 heteroatoms. The summed E-state index contributed by atoms with van der Waals surface area (Å²) in [5.41, 5.74) is 1.91. The Kier molecular flexibility index (Phi) is 5.04.